The summed E-state index contributed by atoms with van der Waals surface area (Å²) in [5.74, 6) is 0.181. The smallest absolute Gasteiger partial charge is 0.306 e. The van der Waals surface area contributed by atoms with Gasteiger partial charge in [-0.25, -0.2) is 0 Å². The first-order chi connectivity index (χ1) is 11.1. The van der Waals surface area contributed by atoms with Crippen LogP contribution in [-0.4, -0.2) is 23.6 Å². The van der Waals surface area contributed by atoms with E-state index >= 15 is 0 Å². The Balaban J connectivity index is 2.08. The Morgan fingerprint density at radius 1 is 1.17 bits per heavy atom. The average molecular weight is 336 g/mol. The van der Waals surface area contributed by atoms with Crippen LogP contribution in [0.5, 0.6) is 0 Å². The fraction of sp³-hybridized carbons (Fsp3) is 0.900. The van der Waals surface area contributed by atoms with Crippen LogP contribution in [0.1, 0.15) is 79.6 Å². The zero-order valence-electron chi connectivity index (χ0n) is 15.8. The molecule has 0 radical (unpaired) electrons. The van der Waals surface area contributed by atoms with Gasteiger partial charge in [0.25, 0.3) is 0 Å². The molecule has 4 heteroatoms. The zero-order valence-corrected chi connectivity index (χ0v) is 15.8. The molecule has 0 amide bonds. The predicted octanol–water partition coefficient (Wildman–Crippen LogP) is 4.26. The third kappa shape index (κ3) is 2.48. The van der Waals surface area contributed by atoms with Crippen LogP contribution in [0.4, 0.5) is 0 Å². The van der Waals surface area contributed by atoms with E-state index in [4.69, 9.17) is 9.47 Å². The van der Waals surface area contributed by atoms with E-state index < -0.39 is 5.60 Å². The normalized spacial score (nSPS) is 44.5. The number of rotatable bonds is 1. The second-order valence-electron chi connectivity index (χ2n) is 9.24. The molecule has 4 nitrogen and oxygen atoms in total. The van der Waals surface area contributed by atoms with Crippen molar-refractivity contribution in [1.29, 1.82) is 0 Å². The summed E-state index contributed by atoms with van der Waals surface area (Å²) in [4.78, 5) is 23.9. The van der Waals surface area contributed by atoms with Crippen molar-refractivity contribution < 1.29 is 19.1 Å². The molecular weight excluding hydrogens is 304 g/mol. The summed E-state index contributed by atoms with van der Waals surface area (Å²) >= 11 is 0. The van der Waals surface area contributed by atoms with Crippen LogP contribution in [0.3, 0.4) is 0 Å². The van der Waals surface area contributed by atoms with Gasteiger partial charge in [0.1, 0.15) is 11.7 Å². The Hall–Kier alpha value is -1.06. The van der Waals surface area contributed by atoms with Gasteiger partial charge in [-0.15, -0.1) is 0 Å². The second-order valence-corrected chi connectivity index (χ2v) is 9.24. The number of fused-ring (bicyclic) bond motifs is 2. The summed E-state index contributed by atoms with van der Waals surface area (Å²) in [5, 5.41) is 0. The van der Waals surface area contributed by atoms with Gasteiger partial charge >= 0.3 is 11.9 Å². The monoisotopic (exact) mass is 336 g/mol. The lowest BCUT2D eigenvalue weighted by molar-refractivity contribution is -0.267. The Morgan fingerprint density at radius 2 is 1.88 bits per heavy atom. The van der Waals surface area contributed by atoms with Crippen LogP contribution in [0.15, 0.2) is 0 Å². The minimum Gasteiger partial charge on any atom is -0.462 e. The van der Waals surface area contributed by atoms with E-state index in [0.717, 1.165) is 38.5 Å². The SMILES string of the molecule is CC(=O)O[C@@H]1C[C@@H](C)[C@@]2(CCCC(=O)O2)[C@@]2(C)CCCC(C)(C)[C@H]12. The first kappa shape index (κ1) is 17.8. The van der Waals surface area contributed by atoms with E-state index in [1.165, 1.54) is 6.92 Å². The largest absolute Gasteiger partial charge is 0.462 e. The van der Waals surface area contributed by atoms with Gasteiger partial charge in [-0.3, -0.25) is 9.59 Å². The standard InChI is InChI=1S/C20H32O4/c1-13-12-15(23-14(2)21)17-18(3,4)9-7-10-19(17,5)20(13)11-6-8-16(22)24-20/h13,15,17H,6-12H2,1-5H3/t13-,15-,17+,19+,20+/m1/s1. The van der Waals surface area contributed by atoms with Crippen molar-refractivity contribution in [2.24, 2.45) is 22.7 Å². The maximum absolute atomic E-state index is 12.2. The molecule has 0 aromatic carbocycles. The highest BCUT2D eigenvalue weighted by Gasteiger charge is 2.67. The average Bonchev–Trinajstić information content (AvgIpc) is 2.43. The summed E-state index contributed by atoms with van der Waals surface area (Å²) in [6.07, 6.45) is 6.39. The topological polar surface area (TPSA) is 52.6 Å². The zero-order chi connectivity index (χ0) is 17.8. The summed E-state index contributed by atoms with van der Waals surface area (Å²) in [5.41, 5.74) is -0.464. The van der Waals surface area contributed by atoms with Gasteiger partial charge in [0.15, 0.2) is 0 Å². The third-order valence-electron chi connectivity index (χ3n) is 7.31. The summed E-state index contributed by atoms with van der Waals surface area (Å²) < 4.78 is 12.0. The Bertz CT molecular complexity index is 540. The number of ether oxygens (including phenoxy) is 2. The number of carbonyl (C=O) groups excluding carboxylic acids is 2. The lowest BCUT2D eigenvalue weighted by Gasteiger charge is -2.66. The molecule has 2 aliphatic carbocycles. The second kappa shape index (κ2) is 5.74. The van der Waals surface area contributed by atoms with Crippen LogP contribution in [0, 0.1) is 22.7 Å². The van der Waals surface area contributed by atoms with Gasteiger partial charge in [-0.05, 0) is 37.5 Å². The fourth-order valence-corrected chi connectivity index (χ4v) is 6.59. The van der Waals surface area contributed by atoms with Gasteiger partial charge in [0.05, 0.1) is 0 Å². The van der Waals surface area contributed by atoms with Crippen molar-refractivity contribution in [1.82, 2.24) is 0 Å². The number of hydrogen-bond acceptors (Lipinski definition) is 4. The van der Waals surface area contributed by atoms with Crippen molar-refractivity contribution >= 4 is 11.9 Å². The molecule has 3 aliphatic rings. The summed E-state index contributed by atoms with van der Waals surface area (Å²) in [7, 11) is 0. The van der Waals surface area contributed by atoms with E-state index in [1.807, 2.05) is 0 Å². The number of carbonyl (C=O) groups is 2. The minimum absolute atomic E-state index is 0.0533. The van der Waals surface area contributed by atoms with Crippen LogP contribution in [0.25, 0.3) is 0 Å². The molecule has 1 spiro atoms. The van der Waals surface area contributed by atoms with Crippen LogP contribution < -0.4 is 0 Å². The van der Waals surface area contributed by atoms with Crippen molar-refractivity contribution in [3.8, 4) is 0 Å². The predicted molar refractivity (Wildman–Crippen MR) is 91.2 cm³/mol. The molecule has 0 aromatic heterocycles. The number of esters is 2. The third-order valence-corrected chi connectivity index (χ3v) is 7.31. The molecule has 136 valence electrons. The van der Waals surface area contributed by atoms with Crippen molar-refractivity contribution in [2.75, 3.05) is 0 Å². The molecule has 1 heterocycles. The highest BCUT2D eigenvalue weighted by atomic mass is 16.6. The maximum atomic E-state index is 12.2. The molecule has 1 saturated heterocycles. The van der Waals surface area contributed by atoms with E-state index in [2.05, 4.69) is 27.7 Å². The maximum Gasteiger partial charge on any atom is 0.306 e. The van der Waals surface area contributed by atoms with Gasteiger partial charge in [0, 0.05) is 30.6 Å². The Labute approximate surface area is 145 Å². The molecule has 24 heavy (non-hydrogen) atoms. The lowest BCUT2D eigenvalue weighted by Crippen LogP contribution is -2.68. The Morgan fingerprint density at radius 3 is 2.50 bits per heavy atom. The molecule has 1 aliphatic heterocycles. The quantitative estimate of drug-likeness (QED) is 0.672. The molecule has 3 rings (SSSR count). The van der Waals surface area contributed by atoms with Crippen LogP contribution in [0.2, 0.25) is 0 Å². The Kier molecular flexibility index (Phi) is 4.25. The number of hydrogen-bond donors (Lipinski definition) is 0. The molecule has 5 atom stereocenters. The van der Waals surface area contributed by atoms with Gasteiger partial charge in [-0.1, -0.05) is 34.1 Å². The van der Waals surface area contributed by atoms with Crippen molar-refractivity contribution in [3.05, 3.63) is 0 Å². The van der Waals surface area contributed by atoms with Crippen molar-refractivity contribution in [3.63, 3.8) is 0 Å². The molecular formula is C20H32O4. The molecule has 0 N–H and O–H groups in total. The van der Waals surface area contributed by atoms with E-state index in [1.54, 1.807) is 0 Å². The van der Waals surface area contributed by atoms with Gasteiger partial charge < -0.3 is 9.47 Å². The van der Waals surface area contributed by atoms with E-state index in [0.29, 0.717) is 6.42 Å². The molecule has 0 aromatic rings. The highest BCUT2D eigenvalue weighted by Crippen LogP contribution is 2.66. The first-order valence-electron chi connectivity index (χ1n) is 9.51. The highest BCUT2D eigenvalue weighted by molar-refractivity contribution is 5.71. The van der Waals surface area contributed by atoms with Gasteiger partial charge in [-0.2, -0.15) is 0 Å². The molecule has 3 fully saturated rings. The summed E-state index contributed by atoms with van der Waals surface area (Å²) in [6.45, 7) is 10.6. The van der Waals surface area contributed by atoms with E-state index in [-0.39, 0.29) is 40.7 Å². The molecule has 0 bridgehead atoms. The van der Waals surface area contributed by atoms with Crippen LogP contribution >= 0.6 is 0 Å². The van der Waals surface area contributed by atoms with Gasteiger partial charge in [0.2, 0.25) is 0 Å². The van der Waals surface area contributed by atoms with Crippen molar-refractivity contribution in [2.45, 2.75) is 91.3 Å². The van der Waals surface area contributed by atoms with E-state index in [9.17, 15) is 9.59 Å². The molecule has 2 saturated carbocycles. The fourth-order valence-electron chi connectivity index (χ4n) is 6.59. The molecule has 0 unspecified atom stereocenters. The minimum atomic E-state index is -0.401. The summed E-state index contributed by atoms with van der Waals surface area (Å²) in [6, 6.07) is 0. The lowest BCUT2D eigenvalue weighted by atomic mass is 9.43. The van der Waals surface area contributed by atoms with Crippen LogP contribution in [-0.2, 0) is 19.1 Å². The first-order valence-corrected chi connectivity index (χ1v) is 9.51.